The number of amides is 1. The van der Waals surface area contributed by atoms with Gasteiger partial charge in [0.05, 0.1) is 23.1 Å². The molecule has 5 nitrogen and oxygen atoms in total. The third-order valence-corrected chi connectivity index (χ3v) is 5.45. The standard InChI is InChI=1S/C23H17ClF3N3O2/c24-18-8-4-2-6-16(18)13-30-20-10-9-14(11-19(20)29-22(30)32)21(31)28-12-15-5-1-3-7-17(15)23(25,26)27/h1-11H,12-13H2,(H,28,31)(H,29,32). The molecule has 1 heterocycles. The number of hydrogen-bond donors (Lipinski definition) is 2. The van der Waals surface area contributed by atoms with Gasteiger partial charge >= 0.3 is 11.9 Å². The van der Waals surface area contributed by atoms with Crippen LogP contribution in [-0.2, 0) is 19.3 Å². The molecule has 0 spiro atoms. The summed E-state index contributed by atoms with van der Waals surface area (Å²) in [5.41, 5.74) is 0.803. The van der Waals surface area contributed by atoms with Gasteiger partial charge in [-0.1, -0.05) is 48.0 Å². The first-order valence-electron chi connectivity index (χ1n) is 9.63. The summed E-state index contributed by atoms with van der Waals surface area (Å²) in [4.78, 5) is 27.7. The van der Waals surface area contributed by atoms with Crippen molar-refractivity contribution in [1.82, 2.24) is 14.9 Å². The number of imidazole rings is 1. The summed E-state index contributed by atoms with van der Waals surface area (Å²) >= 11 is 6.19. The van der Waals surface area contributed by atoms with Crippen molar-refractivity contribution in [2.75, 3.05) is 0 Å². The lowest BCUT2D eigenvalue weighted by Gasteiger charge is -2.13. The highest BCUT2D eigenvalue weighted by Crippen LogP contribution is 2.31. The molecular weight excluding hydrogens is 443 g/mol. The van der Waals surface area contributed by atoms with E-state index in [0.29, 0.717) is 16.1 Å². The van der Waals surface area contributed by atoms with E-state index >= 15 is 0 Å². The highest BCUT2D eigenvalue weighted by molar-refractivity contribution is 6.31. The minimum Gasteiger partial charge on any atom is -0.348 e. The topological polar surface area (TPSA) is 66.9 Å². The SMILES string of the molecule is O=C(NCc1ccccc1C(F)(F)F)c1ccc2c(c1)[nH]c(=O)n2Cc1ccccc1Cl. The molecule has 9 heteroatoms. The van der Waals surface area contributed by atoms with Crippen LogP contribution in [0.5, 0.6) is 0 Å². The predicted octanol–water partition coefficient (Wildman–Crippen LogP) is 4.98. The van der Waals surface area contributed by atoms with Gasteiger partial charge in [-0.3, -0.25) is 9.36 Å². The number of benzene rings is 3. The molecule has 164 valence electrons. The number of carbonyl (C=O) groups is 1. The summed E-state index contributed by atoms with van der Waals surface area (Å²) in [5.74, 6) is -0.552. The Balaban J connectivity index is 1.56. The second kappa shape index (κ2) is 8.55. The lowest BCUT2D eigenvalue weighted by Crippen LogP contribution is -2.24. The van der Waals surface area contributed by atoms with Crippen molar-refractivity contribution < 1.29 is 18.0 Å². The van der Waals surface area contributed by atoms with Crippen LogP contribution >= 0.6 is 11.6 Å². The highest BCUT2D eigenvalue weighted by Gasteiger charge is 2.32. The maximum atomic E-state index is 13.1. The molecule has 1 aromatic heterocycles. The number of aromatic nitrogens is 2. The number of fused-ring (bicyclic) bond motifs is 1. The minimum absolute atomic E-state index is 0.0336. The fraction of sp³-hybridized carbons (Fsp3) is 0.130. The van der Waals surface area contributed by atoms with Crippen LogP contribution < -0.4 is 11.0 Å². The van der Waals surface area contributed by atoms with Crippen molar-refractivity contribution in [2.24, 2.45) is 0 Å². The zero-order valence-electron chi connectivity index (χ0n) is 16.5. The van der Waals surface area contributed by atoms with E-state index in [1.54, 1.807) is 18.2 Å². The molecular formula is C23H17ClF3N3O2. The van der Waals surface area contributed by atoms with Crippen LogP contribution in [-0.4, -0.2) is 15.5 Å². The predicted molar refractivity (Wildman–Crippen MR) is 116 cm³/mol. The Labute approximate surface area is 185 Å². The number of halogens is 4. The van der Waals surface area contributed by atoms with Gasteiger partial charge in [-0.15, -0.1) is 0 Å². The Morgan fingerprint density at radius 3 is 2.41 bits per heavy atom. The number of aromatic amines is 1. The Bertz CT molecular complexity index is 1360. The van der Waals surface area contributed by atoms with Crippen LogP contribution in [0.3, 0.4) is 0 Å². The summed E-state index contributed by atoms with van der Waals surface area (Å²) in [5, 5.41) is 3.04. The molecule has 0 aliphatic heterocycles. The first-order chi connectivity index (χ1) is 15.2. The Kier molecular flexibility index (Phi) is 5.80. The maximum Gasteiger partial charge on any atom is 0.416 e. The van der Waals surface area contributed by atoms with Crippen molar-refractivity contribution in [2.45, 2.75) is 19.3 Å². The van der Waals surface area contributed by atoms with Crippen LogP contribution in [0.4, 0.5) is 13.2 Å². The Morgan fingerprint density at radius 1 is 1.00 bits per heavy atom. The quantitative estimate of drug-likeness (QED) is 0.442. The van der Waals surface area contributed by atoms with Gasteiger partial charge in [-0.25, -0.2) is 4.79 Å². The summed E-state index contributed by atoms with van der Waals surface area (Å²) in [6, 6.07) is 16.9. The van der Waals surface area contributed by atoms with Gasteiger partial charge in [-0.2, -0.15) is 13.2 Å². The fourth-order valence-electron chi connectivity index (χ4n) is 3.49. The molecule has 3 aromatic carbocycles. The van der Waals surface area contributed by atoms with Crippen molar-refractivity contribution >= 4 is 28.5 Å². The lowest BCUT2D eigenvalue weighted by molar-refractivity contribution is -0.138. The summed E-state index contributed by atoms with van der Waals surface area (Å²) in [6.45, 7) is -0.0329. The number of hydrogen-bond acceptors (Lipinski definition) is 2. The van der Waals surface area contributed by atoms with Crippen molar-refractivity contribution in [3.8, 4) is 0 Å². The molecule has 0 atom stereocenters. The second-order valence-corrected chi connectivity index (χ2v) is 7.58. The average Bonchev–Trinajstić information content (AvgIpc) is 3.07. The molecule has 0 aliphatic carbocycles. The monoisotopic (exact) mass is 459 g/mol. The van der Waals surface area contributed by atoms with Gasteiger partial charge in [0, 0.05) is 17.1 Å². The molecule has 0 radical (unpaired) electrons. The van der Waals surface area contributed by atoms with Crippen LogP contribution in [0, 0.1) is 0 Å². The van der Waals surface area contributed by atoms with Crippen molar-refractivity contribution in [3.05, 3.63) is 104 Å². The first kappa shape index (κ1) is 21.7. The molecule has 0 saturated carbocycles. The smallest absolute Gasteiger partial charge is 0.348 e. The van der Waals surface area contributed by atoms with Gasteiger partial charge in [-0.05, 0) is 41.5 Å². The highest BCUT2D eigenvalue weighted by atomic mass is 35.5. The van der Waals surface area contributed by atoms with Crippen LogP contribution in [0.25, 0.3) is 11.0 Å². The molecule has 0 bridgehead atoms. The number of nitrogens with one attached hydrogen (secondary N) is 2. The van der Waals surface area contributed by atoms with Crippen LogP contribution in [0.15, 0.2) is 71.5 Å². The second-order valence-electron chi connectivity index (χ2n) is 7.18. The largest absolute Gasteiger partial charge is 0.416 e. The van der Waals surface area contributed by atoms with Crippen LogP contribution in [0.2, 0.25) is 5.02 Å². The summed E-state index contributed by atoms with van der Waals surface area (Å²) in [7, 11) is 0. The third kappa shape index (κ3) is 4.40. The Hall–Kier alpha value is -3.52. The fourth-order valence-corrected chi connectivity index (χ4v) is 3.68. The number of carbonyl (C=O) groups excluding carboxylic acids is 1. The van der Waals surface area contributed by atoms with Crippen LogP contribution in [0.1, 0.15) is 27.0 Å². The number of alkyl halides is 3. The van der Waals surface area contributed by atoms with Gasteiger partial charge in [0.25, 0.3) is 5.91 Å². The lowest BCUT2D eigenvalue weighted by atomic mass is 10.1. The Morgan fingerprint density at radius 2 is 1.69 bits per heavy atom. The third-order valence-electron chi connectivity index (χ3n) is 5.08. The number of H-pyrrole nitrogens is 1. The minimum atomic E-state index is -4.51. The zero-order chi connectivity index (χ0) is 22.9. The van der Waals surface area contributed by atoms with Crippen molar-refractivity contribution in [1.29, 1.82) is 0 Å². The number of nitrogens with zero attached hydrogens (tertiary/aromatic N) is 1. The molecule has 32 heavy (non-hydrogen) atoms. The molecule has 1 amide bonds. The maximum absolute atomic E-state index is 13.1. The molecule has 2 N–H and O–H groups in total. The van der Waals surface area contributed by atoms with Gasteiger partial charge in [0.1, 0.15) is 0 Å². The number of rotatable bonds is 5. The van der Waals surface area contributed by atoms with Crippen molar-refractivity contribution in [3.63, 3.8) is 0 Å². The van der Waals surface area contributed by atoms with Gasteiger partial charge in [0.2, 0.25) is 0 Å². The van der Waals surface area contributed by atoms with E-state index in [2.05, 4.69) is 10.3 Å². The molecule has 4 aromatic rings. The molecule has 0 unspecified atom stereocenters. The summed E-state index contributed by atoms with van der Waals surface area (Å²) in [6.07, 6.45) is -4.51. The van der Waals surface area contributed by atoms with E-state index in [0.717, 1.165) is 11.6 Å². The van der Waals surface area contributed by atoms with E-state index in [1.165, 1.54) is 34.9 Å². The average molecular weight is 460 g/mol. The molecule has 0 saturated heterocycles. The molecule has 0 fully saturated rings. The van der Waals surface area contributed by atoms with E-state index < -0.39 is 17.6 Å². The van der Waals surface area contributed by atoms with Gasteiger partial charge in [0.15, 0.2) is 0 Å². The van der Waals surface area contributed by atoms with E-state index in [-0.39, 0.29) is 29.9 Å². The molecule has 4 rings (SSSR count). The zero-order valence-corrected chi connectivity index (χ0v) is 17.3. The molecule has 0 aliphatic rings. The van der Waals surface area contributed by atoms with E-state index in [4.69, 9.17) is 11.6 Å². The van der Waals surface area contributed by atoms with Gasteiger partial charge < -0.3 is 10.3 Å². The van der Waals surface area contributed by atoms with E-state index in [1.807, 2.05) is 12.1 Å². The van der Waals surface area contributed by atoms with E-state index in [9.17, 15) is 22.8 Å². The summed E-state index contributed by atoms with van der Waals surface area (Å²) < 4.78 is 40.9. The normalized spacial score (nSPS) is 11.6. The first-order valence-corrected chi connectivity index (χ1v) is 10.0.